The summed E-state index contributed by atoms with van der Waals surface area (Å²) in [5.41, 5.74) is 0.557. The molecule has 0 saturated carbocycles. The van der Waals surface area contributed by atoms with Crippen molar-refractivity contribution in [1.29, 1.82) is 0 Å². The van der Waals surface area contributed by atoms with Crippen molar-refractivity contribution in [3.8, 4) is 0 Å². The predicted molar refractivity (Wildman–Crippen MR) is 88.1 cm³/mol. The first kappa shape index (κ1) is 18.0. The molecule has 0 bridgehead atoms. The number of carbonyl (C=O) groups excluding carboxylic acids is 2. The van der Waals surface area contributed by atoms with Gasteiger partial charge >= 0.3 is 11.9 Å². The number of esters is 2. The number of benzene rings is 2. The Morgan fingerprint density at radius 3 is 2.08 bits per heavy atom. The summed E-state index contributed by atoms with van der Waals surface area (Å²) in [6.07, 6.45) is -6.20. The summed E-state index contributed by atoms with van der Waals surface area (Å²) in [6.45, 7) is -0.363. The van der Waals surface area contributed by atoms with E-state index >= 15 is 0 Å². The van der Waals surface area contributed by atoms with E-state index in [-0.39, 0.29) is 12.2 Å². The Morgan fingerprint density at radius 1 is 0.962 bits per heavy atom. The lowest BCUT2D eigenvalue weighted by atomic mass is 10.1. The van der Waals surface area contributed by atoms with Crippen LogP contribution < -0.4 is 0 Å². The van der Waals surface area contributed by atoms with E-state index in [2.05, 4.69) is 0 Å². The molecule has 0 aromatic heterocycles. The lowest BCUT2D eigenvalue weighted by molar-refractivity contribution is -0.122. The van der Waals surface area contributed by atoms with E-state index < -0.39 is 36.6 Å². The third kappa shape index (κ3) is 4.07. The third-order valence-electron chi connectivity index (χ3n) is 3.91. The van der Waals surface area contributed by atoms with Crippen molar-refractivity contribution in [3.63, 3.8) is 0 Å². The van der Waals surface area contributed by atoms with Gasteiger partial charge in [-0.3, -0.25) is 0 Å². The second kappa shape index (κ2) is 8.07. The molecule has 0 aliphatic carbocycles. The van der Waals surface area contributed by atoms with Crippen LogP contribution in [0.2, 0.25) is 0 Å². The molecule has 26 heavy (non-hydrogen) atoms. The Hall–Kier alpha value is -2.77. The lowest BCUT2D eigenvalue weighted by Gasteiger charge is -2.19. The van der Waals surface area contributed by atoms with Gasteiger partial charge in [0.15, 0.2) is 18.6 Å². The minimum Gasteiger partial charge on any atom is -0.459 e. The van der Waals surface area contributed by atoms with E-state index in [1.54, 1.807) is 48.5 Å². The first-order chi connectivity index (χ1) is 12.6. The Kier molecular flexibility index (Phi) is 5.60. The van der Waals surface area contributed by atoms with Gasteiger partial charge in [0, 0.05) is 0 Å². The molecule has 2 aromatic rings. The number of hydrogen-bond acceptors (Lipinski definition) is 6. The summed E-state index contributed by atoms with van der Waals surface area (Å²) in [5.74, 6) is -1.38. The van der Waals surface area contributed by atoms with E-state index in [1.165, 1.54) is 12.1 Å². The fourth-order valence-electron chi connectivity index (χ4n) is 2.56. The molecule has 1 heterocycles. The van der Waals surface area contributed by atoms with Crippen LogP contribution in [-0.4, -0.2) is 48.3 Å². The topological polar surface area (TPSA) is 82.1 Å². The first-order valence-electron chi connectivity index (χ1n) is 8.02. The van der Waals surface area contributed by atoms with Crippen molar-refractivity contribution in [2.45, 2.75) is 24.7 Å². The van der Waals surface area contributed by atoms with Gasteiger partial charge in [-0.2, -0.15) is 0 Å². The third-order valence-corrected chi connectivity index (χ3v) is 3.91. The van der Waals surface area contributed by atoms with E-state index in [4.69, 9.17) is 14.2 Å². The zero-order valence-electron chi connectivity index (χ0n) is 13.7. The molecule has 136 valence electrons. The second-order valence-corrected chi connectivity index (χ2v) is 5.71. The maximum Gasteiger partial charge on any atom is 0.338 e. The Morgan fingerprint density at radius 2 is 1.50 bits per heavy atom. The van der Waals surface area contributed by atoms with Crippen molar-refractivity contribution in [1.82, 2.24) is 0 Å². The Bertz CT molecular complexity index is 751. The molecule has 0 spiro atoms. The van der Waals surface area contributed by atoms with Gasteiger partial charge in [0.25, 0.3) is 0 Å². The summed E-state index contributed by atoms with van der Waals surface area (Å²) in [5, 5.41) is 9.58. The average molecular weight is 360 g/mol. The number of alkyl halides is 1. The zero-order chi connectivity index (χ0) is 18.5. The van der Waals surface area contributed by atoms with Crippen molar-refractivity contribution < 1.29 is 33.3 Å². The van der Waals surface area contributed by atoms with Gasteiger partial charge in [-0.1, -0.05) is 36.4 Å². The van der Waals surface area contributed by atoms with Crippen LogP contribution in [0.4, 0.5) is 4.39 Å². The highest BCUT2D eigenvalue weighted by molar-refractivity contribution is 5.90. The van der Waals surface area contributed by atoms with Crippen LogP contribution in [0, 0.1) is 0 Å². The van der Waals surface area contributed by atoms with E-state index in [1.807, 2.05) is 0 Å². The molecule has 2 aromatic carbocycles. The monoisotopic (exact) mass is 360 g/mol. The van der Waals surface area contributed by atoms with Crippen molar-refractivity contribution in [3.05, 3.63) is 71.8 Å². The maximum atomic E-state index is 14.2. The number of aliphatic hydroxyl groups excluding tert-OH is 1. The number of aliphatic hydroxyl groups is 1. The van der Waals surface area contributed by atoms with Gasteiger partial charge in [0.05, 0.1) is 11.1 Å². The number of hydrogen-bond donors (Lipinski definition) is 1. The second-order valence-electron chi connectivity index (χ2n) is 5.71. The normalized spacial score (nSPS) is 24.8. The average Bonchev–Trinajstić information content (AvgIpc) is 2.95. The highest BCUT2D eigenvalue weighted by Gasteiger charge is 2.47. The number of ether oxygens (including phenoxy) is 3. The fraction of sp³-hybridized carbons (Fsp3) is 0.263. The van der Waals surface area contributed by atoms with Gasteiger partial charge in [-0.25, -0.2) is 14.0 Å². The van der Waals surface area contributed by atoms with Crippen molar-refractivity contribution in [2.75, 3.05) is 6.61 Å². The summed E-state index contributed by atoms with van der Waals surface area (Å²) in [4.78, 5) is 24.1. The molecule has 0 amide bonds. The molecule has 1 saturated heterocycles. The molecule has 1 aliphatic heterocycles. The summed E-state index contributed by atoms with van der Waals surface area (Å²) < 4.78 is 29.4. The SMILES string of the molecule is O=C(OCC1O[C@@H](O)[C@@H](F)[C@@H]1OC(=O)c1ccccc1)c1ccccc1. The van der Waals surface area contributed by atoms with Gasteiger partial charge in [-0.15, -0.1) is 0 Å². The molecule has 1 aliphatic rings. The lowest BCUT2D eigenvalue weighted by Crippen LogP contribution is -2.37. The predicted octanol–water partition coefficient (Wildman–Crippen LogP) is 2.12. The van der Waals surface area contributed by atoms with Crippen LogP contribution in [0.15, 0.2) is 60.7 Å². The summed E-state index contributed by atoms with van der Waals surface area (Å²) >= 11 is 0. The largest absolute Gasteiger partial charge is 0.459 e. The molecule has 3 rings (SSSR count). The van der Waals surface area contributed by atoms with Gasteiger partial charge in [0.2, 0.25) is 0 Å². The molecule has 4 atom stereocenters. The van der Waals surface area contributed by atoms with Crippen LogP contribution in [0.5, 0.6) is 0 Å². The zero-order valence-corrected chi connectivity index (χ0v) is 13.7. The van der Waals surface area contributed by atoms with E-state index in [0.29, 0.717) is 5.56 Å². The van der Waals surface area contributed by atoms with Crippen LogP contribution in [0.25, 0.3) is 0 Å². The molecule has 1 fully saturated rings. The Labute approximate surface area is 149 Å². The van der Waals surface area contributed by atoms with Crippen LogP contribution in [0.1, 0.15) is 20.7 Å². The molecule has 0 radical (unpaired) electrons. The maximum absolute atomic E-state index is 14.2. The number of carbonyl (C=O) groups is 2. The van der Waals surface area contributed by atoms with Gasteiger partial charge < -0.3 is 19.3 Å². The quantitative estimate of drug-likeness (QED) is 0.823. The molecular formula is C19H17FO6. The molecule has 1 N–H and O–H groups in total. The minimum atomic E-state index is -1.94. The smallest absolute Gasteiger partial charge is 0.338 e. The minimum absolute atomic E-state index is 0.237. The van der Waals surface area contributed by atoms with Crippen LogP contribution in [0.3, 0.4) is 0 Å². The molecule has 1 unspecified atom stereocenters. The molecule has 7 heteroatoms. The van der Waals surface area contributed by atoms with Crippen LogP contribution in [-0.2, 0) is 14.2 Å². The number of rotatable bonds is 5. The van der Waals surface area contributed by atoms with E-state index in [0.717, 1.165) is 0 Å². The van der Waals surface area contributed by atoms with Crippen molar-refractivity contribution >= 4 is 11.9 Å². The Balaban J connectivity index is 1.63. The van der Waals surface area contributed by atoms with E-state index in [9.17, 15) is 19.1 Å². The van der Waals surface area contributed by atoms with Gasteiger partial charge in [-0.05, 0) is 24.3 Å². The molecular weight excluding hydrogens is 343 g/mol. The highest BCUT2D eigenvalue weighted by atomic mass is 19.1. The standard InChI is InChI=1S/C19H17FO6/c20-15-16(26-18(22)13-9-5-2-6-10-13)14(25-19(15)23)11-24-17(21)12-7-3-1-4-8-12/h1-10,14-16,19,23H,11H2/t14?,15-,16+,19+/m0/s1. The summed E-state index contributed by atoms with van der Waals surface area (Å²) in [7, 11) is 0. The number of halogens is 1. The van der Waals surface area contributed by atoms with Crippen LogP contribution >= 0.6 is 0 Å². The highest BCUT2D eigenvalue weighted by Crippen LogP contribution is 2.26. The van der Waals surface area contributed by atoms with Gasteiger partial charge in [0.1, 0.15) is 12.7 Å². The van der Waals surface area contributed by atoms with Crippen molar-refractivity contribution in [2.24, 2.45) is 0 Å². The first-order valence-corrected chi connectivity index (χ1v) is 8.02. The summed E-state index contributed by atoms with van der Waals surface area (Å²) in [6, 6.07) is 16.3. The molecule has 6 nitrogen and oxygen atoms in total. The fourth-order valence-corrected chi connectivity index (χ4v) is 2.56.